The fraction of sp³-hybridized carbons (Fsp3) is 0.533. The molecule has 0 bridgehead atoms. The van der Waals surface area contributed by atoms with Crippen LogP contribution in [0.3, 0.4) is 0 Å². The molecule has 0 aliphatic heterocycles. The predicted molar refractivity (Wildman–Crippen MR) is 76.5 cm³/mol. The molecule has 0 aromatic heterocycles. The molecule has 0 aliphatic carbocycles. The highest BCUT2D eigenvalue weighted by Crippen LogP contribution is 2.06. The summed E-state index contributed by atoms with van der Waals surface area (Å²) >= 11 is 0. The van der Waals surface area contributed by atoms with Crippen molar-refractivity contribution >= 4 is 5.91 Å². The van der Waals surface area contributed by atoms with Gasteiger partial charge >= 0.3 is 0 Å². The Labute approximate surface area is 115 Å². The van der Waals surface area contributed by atoms with Gasteiger partial charge in [-0.3, -0.25) is 4.79 Å². The van der Waals surface area contributed by atoms with Crippen LogP contribution in [0.25, 0.3) is 0 Å². The van der Waals surface area contributed by atoms with E-state index in [2.05, 4.69) is 10.2 Å². The van der Waals surface area contributed by atoms with E-state index < -0.39 is 0 Å². The number of likely N-dealkylation sites (N-methyl/N-ethyl adjacent to an activating group) is 1. The van der Waals surface area contributed by atoms with Gasteiger partial charge in [-0.2, -0.15) is 0 Å². The van der Waals surface area contributed by atoms with Crippen LogP contribution in [0.1, 0.15) is 25.0 Å². The number of carbonyl (C=O) groups excluding carboxylic acids is 1. The summed E-state index contributed by atoms with van der Waals surface area (Å²) in [6.07, 6.45) is 0. The molecule has 1 aromatic carbocycles. The molecule has 1 amide bonds. The zero-order valence-corrected chi connectivity index (χ0v) is 12.0. The number of amides is 1. The Morgan fingerprint density at radius 2 is 1.84 bits per heavy atom. The minimum Gasteiger partial charge on any atom is -0.392 e. The first-order chi connectivity index (χ1) is 9.02. The number of benzene rings is 1. The van der Waals surface area contributed by atoms with Gasteiger partial charge in [-0.1, -0.05) is 38.1 Å². The van der Waals surface area contributed by atoms with Gasteiger partial charge in [0.05, 0.1) is 6.61 Å². The summed E-state index contributed by atoms with van der Waals surface area (Å²) in [4.78, 5) is 13.6. The number of hydrogen-bond acceptors (Lipinski definition) is 3. The molecule has 0 atom stereocenters. The van der Waals surface area contributed by atoms with Crippen LogP contribution in [0.5, 0.6) is 0 Å². The number of hydrogen-bond donors (Lipinski definition) is 2. The third kappa shape index (κ3) is 5.85. The minimum absolute atomic E-state index is 0.0383. The van der Waals surface area contributed by atoms with E-state index in [1.807, 2.05) is 45.2 Å². The number of nitrogens with zero attached hydrogens (tertiary/aromatic N) is 1. The van der Waals surface area contributed by atoms with Crippen molar-refractivity contribution in [3.63, 3.8) is 0 Å². The van der Waals surface area contributed by atoms with E-state index in [0.29, 0.717) is 6.54 Å². The van der Waals surface area contributed by atoms with Gasteiger partial charge in [0, 0.05) is 25.6 Å². The van der Waals surface area contributed by atoms with Crippen molar-refractivity contribution in [2.75, 3.05) is 20.1 Å². The molecule has 4 heteroatoms. The lowest BCUT2D eigenvalue weighted by atomic mass is 10.1. The first-order valence-corrected chi connectivity index (χ1v) is 6.68. The second-order valence-electron chi connectivity index (χ2n) is 5.16. The maximum atomic E-state index is 11.4. The molecule has 1 rings (SSSR count). The summed E-state index contributed by atoms with van der Waals surface area (Å²) in [6, 6.07) is 7.91. The van der Waals surface area contributed by atoms with E-state index >= 15 is 0 Å². The van der Waals surface area contributed by atoms with Gasteiger partial charge in [0.25, 0.3) is 0 Å². The van der Waals surface area contributed by atoms with Crippen LogP contribution >= 0.6 is 0 Å². The van der Waals surface area contributed by atoms with Crippen LogP contribution in [0.15, 0.2) is 24.3 Å². The fourth-order valence-corrected chi connectivity index (χ4v) is 1.71. The van der Waals surface area contributed by atoms with Crippen LogP contribution in [0, 0.1) is 5.92 Å². The summed E-state index contributed by atoms with van der Waals surface area (Å²) < 4.78 is 0. The van der Waals surface area contributed by atoms with Crippen molar-refractivity contribution in [2.24, 2.45) is 5.92 Å². The van der Waals surface area contributed by atoms with E-state index in [-0.39, 0.29) is 18.4 Å². The highest BCUT2D eigenvalue weighted by atomic mass is 16.3. The second kappa shape index (κ2) is 7.92. The standard InChI is InChI=1S/C15H24N2O2/c1-12(2)15(19)16-8-9-17(3)10-13-4-6-14(11-18)7-5-13/h4-7,12,18H,8-11H2,1-3H3,(H,16,19). The monoisotopic (exact) mass is 264 g/mol. The molecule has 0 radical (unpaired) electrons. The fourth-order valence-electron chi connectivity index (χ4n) is 1.71. The summed E-state index contributed by atoms with van der Waals surface area (Å²) in [7, 11) is 2.03. The van der Waals surface area contributed by atoms with Crippen LogP contribution in [-0.4, -0.2) is 36.1 Å². The van der Waals surface area contributed by atoms with E-state index in [1.165, 1.54) is 5.56 Å². The zero-order valence-electron chi connectivity index (χ0n) is 12.0. The molecule has 4 nitrogen and oxygen atoms in total. The normalized spacial score (nSPS) is 11.1. The maximum absolute atomic E-state index is 11.4. The molecule has 0 spiro atoms. The van der Waals surface area contributed by atoms with Gasteiger partial charge in [-0.05, 0) is 18.2 Å². The molecular formula is C15H24N2O2. The van der Waals surface area contributed by atoms with Gasteiger partial charge in [0.1, 0.15) is 0 Å². The highest BCUT2D eigenvalue weighted by molar-refractivity contribution is 5.77. The van der Waals surface area contributed by atoms with Crippen molar-refractivity contribution in [2.45, 2.75) is 27.0 Å². The summed E-state index contributed by atoms with van der Waals surface area (Å²) in [6.45, 7) is 6.19. The van der Waals surface area contributed by atoms with Crippen molar-refractivity contribution in [3.05, 3.63) is 35.4 Å². The Hall–Kier alpha value is -1.39. The third-order valence-electron chi connectivity index (χ3n) is 2.98. The van der Waals surface area contributed by atoms with Crippen LogP contribution in [0.4, 0.5) is 0 Å². The molecule has 1 aromatic rings. The molecule has 0 aliphatic rings. The van der Waals surface area contributed by atoms with Crippen molar-refractivity contribution in [1.82, 2.24) is 10.2 Å². The van der Waals surface area contributed by atoms with Crippen LogP contribution in [-0.2, 0) is 17.9 Å². The number of aliphatic hydroxyl groups excluding tert-OH is 1. The maximum Gasteiger partial charge on any atom is 0.222 e. The van der Waals surface area contributed by atoms with Gasteiger partial charge < -0.3 is 15.3 Å². The van der Waals surface area contributed by atoms with E-state index in [0.717, 1.165) is 18.7 Å². The number of aliphatic hydroxyl groups is 1. The van der Waals surface area contributed by atoms with Crippen LogP contribution in [0.2, 0.25) is 0 Å². The summed E-state index contributed by atoms with van der Waals surface area (Å²) in [5.41, 5.74) is 2.13. The largest absolute Gasteiger partial charge is 0.392 e. The van der Waals surface area contributed by atoms with Gasteiger partial charge in [0.2, 0.25) is 5.91 Å². The van der Waals surface area contributed by atoms with E-state index in [1.54, 1.807) is 0 Å². The smallest absolute Gasteiger partial charge is 0.222 e. The Bertz CT molecular complexity index is 388. The minimum atomic E-state index is 0.0383. The average Bonchev–Trinajstić information content (AvgIpc) is 2.39. The van der Waals surface area contributed by atoms with Crippen molar-refractivity contribution in [3.8, 4) is 0 Å². The lowest BCUT2D eigenvalue weighted by Gasteiger charge is -2.17. The first kappa shape index (κ1) is 15.7. The molecule has 0 heterocycles. The Balaban J connectivity index is 2.30. The Kier molecular flexibility index (Phi) is 6.53. The quantitative estimate of drug-likeness (QED) is 0.782. The SMILES string of the molecule is CC(C)C(=O)NCCN(C)Cc1ccc(CO)cc1. The van der Waals surface area contributed by atoms with E-state index in [9.17, 15) is 4.79 Å². The molecule has 2 N–H and O–H groups in total. The summed E-state index contributed by atoms with van der Waals surface area (Å²) in [5.74, 6) is 0.136. The van der Waals surface area contributed by atoms with Gasteiger partial charge in [-0.15, -0.1) is 0 Å². The number of nitrogens with one attached hydrogen (secondary N) is 1. The zero-order chi connectivity index (χ0) is 14.3. The second-order valence-corrected chi connectivity index (χ2v) is 5.16. The predicted octanol–water partition coefficient (Wildman–Crippen LogP) is 1.38. The van der Waals surface area contributed by atoms with Crippen LogP contribution < -0.4 is 5.32 Å². The van der Waals surface area contributed by atoms with Gasteiger partial charge in [0.15, 0.2) is 0 Å². The number of carbonyl (C=O) groups is 1. The Morgan fingerprint density at radius 1 is 1.26 bits per heavy atom. The molecule has 0 unspecified atom stereocenters. The molecule has 0 saturated heterocycles. The molecule has 0 saturated carbocycles. The molecule has 106 valence electrons. The van der Waals surface area contributed by atoms with E-state index in [4.69, 9.17) is 5.11 Å². The van der Waals surface area contributed by atoms with Crippen molar-refractivity contribution in [1.29, 1.82) is 0 Å². The lowest BCUT2D eigenvalue weighted by molar-refractivity contribution is -0.124. The Morgan fingerprint density at radius 3 is 2.37 bits per heavy atom. The topological polar surface area (TPSA) is 52.6 Å². The van der Waals surface area contributed by atoms with Crippen molar-refractivity contribution < 1.29 is 9.90 Å². The molecule has 0 fully saturated rings. The van der Waals surface area contributed by atoms with Gasteiger partial charge in [-0.25, -0.2) is 0 Å². The summed E-state index contributed by atoms with van der Waals surface area (Å²) in [5, 5.41) is 11.9. The molecule has 19 heavy (non-hydrogen) atoms. The third-order valence-corrected chi connectivity index (χ3v) is 2.98. The number of rotatable bonds is 7. The first-order valence-electron chi connectivity index (χ1n) is 6.68. The average molecular weight is 264 g/mol. The highest BCUT2D eigenvalue weighted by Gasteiger charge is 2.06. The molecular weight excluding hydrogens is 240 g/mol. The lowest BCUT2D eigenvalue weighted by Crippen LogP contribution is -2.34.